The summed E-state index contributed by atoms with van der Waals surface area (Å²) in [5.74, 6) is -1.74. The predicted octanol–water partition coefficient (Wildman–Crippen LogP) is 4.12. The van der Waals surface area contributed by atoms with Gasteiger partial charge >= 0.3 is 0 Å². The van der Waals surface area contributed by atoms with Crippen LogP contribution in [0.25, 0.3) is 10.2 Å². The van der Waals surface area contributed by atoms with Crippen LogP contribution in [-0.4, -0.2) is 21.2 Å². The smallest absolute Gasteiger partial charge is 0.272 e. The number of halogens is 2. The van der Waals surface area contributed by atoms with Crippen LogP contribution in [-0.2, 0) is 11.3 Å². The summed E-state index contributed by atoms with van der Waals surface area (Å²) in [5, 5.41) is 4.56. The fraction of sp³-hybridized carbons (Fsp3) is 0.278. The topological polar surface area (TPSA) is 64.0 Å². The molecule has 0 spiro atoms. The van der Waals surface area contributed by atoms with Gasteiger partial charge in [0.05, 0.1) is 17.0 Å². The number of rotatable bonds is 6. The summed E-state index contributed by atoms with van der Waals surface area (Å²) in [6, 6.07) is 4.60. The normalized spacial score (nSPS) is 11.3. The third-order valence-corrected chi connectivity index (χ3v) is 5.48. The maximum atomic E-state index is 13.6. The quantitative estimate of drug-likeness (QED) is 0.491. The maximum Gasteiger partial charge on any atom is 0.272 e. The molecule has 0 aliphatic carbocycles. The Bertz CT molecular complexity index is 1050. The molecule has 0 saturated carbocycles. The van der Waals surface area contributed by atoms with Gasteiger partial charge in [0.1, 0.15) is 16.3 Å². The van der Waals surface area contributed by atoms with E-state index >= 15 is 0 Å². The van der Waals surface area contributed by atoms with E-state index in [1.807, 2.05) is 13.8 Å². The Labute approximate surface area is 162 Å². The highest BCUT2D eigenvalue weighted by Crippen LogP contribution is 2.22. The van der Waals surface area contributed by atoms with E-state index in [-0.39, 0.29) is 22.9 Å². The Hall–Kier alpha value is -2.26. The molecule has 0 unspecified atom stereocenters. The molecule has 0 aliphatic heterocycles. The molecule has 3 aromatic rings. The van der Waals surface area contributed by atoms with Gasteiger partial charge in [0.2, 0.25) is 5.91 Å². The second-order valence-corrected chi connectivity index (χ2v) is 8.16. The molecule has 3 rings (SSSR count). The summed E-state index contributed by atoms with van der Waals surface area (Å²) in [4.78, 5) is 29.3. The third-order valence-electron chi connectivity index (χ3n) is 3.61. The molecule has 0 saturated heterocycles. The number of thiophene rings is 1. The zero-order chi connectivity index (χ0) is 19.6. The number of benzene rings is 1. The monoisotopic (exact) mass is 409 g/mol. The highest BCUT2D eigenvalue weighted by molar-refractivity contribution is 7.99. The maximum absolute atomic E-state index is 13.6. The van der Waals surface area contributed by atoms with Crippen molar-refractivity contribution < 1.29 is 13.6 Å². The predicted molar refractivity (Wildman–Crippen MR) is 104 cm³/mol. The van der Waals surface area contributed by atoms with E-state index in [1.165, 1.54) is 11.3 Å². The van der Waals surface area contributed by atoms with Crippen molar-refractivity contribution in [2.45, 2.75) is 25.5 Å². The van der Waals surface area contributed by atoms with Crippen molar-refractivity contribution in [1.29, 1.82) is 0 Å². The molecular weight excluding hydrogens is 392 g/mol. The van der Waals surface area contributed by atoms with Crippen LogP contribution in [0.4, 0.5) is 14.5 Å². The number of amides is 1. The molecule has 0 bridgehead atoms. The Balaban J connectivity index is 1.80. The van der Waals surface area contributed by atoms with Crippen molar-refractivity contribution in [2.24, 2.45) is 5.92 Å². The molecule has 0 fully saturated rings. The van der Waals surface area contributed by atoms with Crippen LogP contribution in [0.5, 0.6) is 0 Å². The van der Waals surface area contributed by atoms with E-state index in [1.54, 1.807) is 16.0 Å². The standard InChI is InChI=1S/C18H17F2N3O2S2/c1-10(2)8-23-17(25)16-13(5-6-26-16)22-18(23)27-9-15(24)21-14-7-11(19)3-4-12(14)20/h3-7,10H,8-9H2,1-2H3,(H,21,24). The van der Waals surface area contributed by atoms with Gasteiger partial charge in [-0.1, -0.05) is 25.6 Å². The van der Waals surface area contributed by atoms with Gasteiger partial charge < -0.3 is 5.32 Å². The van der Waals surface area contributed by atoms with Gasteiger partial charge in [0.15, 0.2) is 5.16 Å². The number of carbonyl (C=O) groups excluding carboxylic acids is 1. The molecule has 2 heterocycles. The van der Waals surface area contributed by atoms with Crippen LogP contribution in [0.2, 0.25) is 0 Å². The lowest BCUT2D eigenvalue weighted by atomic mass is 10.2. The molecule has 2 aromatic heterocycles. The number of aromatic nitrogens is 2. The van der Waals surface area contributed by atoms with Crippen molar-refractivity contribution >= 4 is 44.9 Å². The van der Waals surface area contributed by atoms with E-state index in [4.69, 9.17) is 0 Å². The van der Waals surface area contributed by atoms with Crippen molar-refractivity contribution in [2.75, 3.05) is 11.1 Å². The van der Waals surface area contributed by atoms with E-state index in [0.29, 0.717) is 21.9 Å². The number of fused-ring (bicyclic) bond motifs is 1. The van der Waals surface area contributed by atoms with Crippen LogP contribution in [0.1, 0.15) is 13.8 Å². The Kier molecular flexibility index (Phi) is 5.91. The second-order valence-electron chi connectivity index (χ2n) is 6.30. The number of nitrogens with zero attached hydrogens (tertiary/aromatic N) is 2. The summed E-state index contributed by atoms with van der Waals surface area (Å²) < 4.78 is 29.0. The first-order valence-corrected chi connectivity index (χ1v) is 10.1. The van der Waals surface area contributed by atoms with Gasteiger partial charge in [-0.05, 0) is 29.5 Å². The number of thioether (sulfide) groups is 1. The highest BCUT2D eigenvalue weighted by atomic mass is 32.2. The minimum atomic E-state index is -0.718. The molecule has 1 aromatic carbocycles. The van der Waals surface area contributed by atoms with E-state index in [0.717, 1.165) is 30.0 Å². The lowest BCUT2D eigenvalue weighted by molar-refractivity contribution is -0.113. The van der Waals surface area contributed by atoms with Gasteiger partial charge in [-0.2, -0.15) is 0 Å². The van der Waals surface area contributed by atoms with Gasteiger partial charge in [-0.3, -0.25) is 14.2 Å². The highest BCUT2D eigenvalue weighted by Gasteiger charge is 2.16. The first-order valence-electron chi connectivity index (χ1n) is 8.21. The van der Waals surface area contributed by atoms with E-state index < -0.39 is 17.5 Å². The third kappa shape index (κ3) is 4.54. The van der Waals surface area contributed by atoms with Crippen LogP contribution >= 0.6 is 23.1 Å². The average molecular weight is 409 g/mol. The average Bonchev–Trinajstić information content (AvgIpc) is 3.07. The molecule has 1 N–H and O–H groups in total. The summed E-state index contributed by atoms with van der Waals surface area (Å²) in [7, 11) is 0. The second kappa shape index (κ2) is 8.18. The number of anilines is 1. The number of nitrogens with one attached hydrogen (secondary N) is 1. The summed E-state index contributed by atoms with van der Waals surface area (Å²) >= 11 is 2.42. The van der Waals surface area contributed by atoms with E-state index in [9.17, 15) is 18.4 Å². The fourth-order valence-electron chi connectivity index (χ4n) is 2.47. The Morgan fingerprint density at radius 1 is 1.33 bits per heavy atom. The molecule has 0 aliphatic rings. The van der Waals surface area contributed by atoms with Crippen molar-refractivity contribution in [3.8, 4) is 0 Å². The Morgan fingerprint density at radius 3 is 2.85 bits per heavy atom. The van der Waals surface area contributed by atoms with Crippen molar-refractivity contribution in [3.63, 3.8) is 0 Å². The number of hydrogen-bond donors (Lipinski definition) is 1. The molecule has 5 nitrogen and oxygen atoms in total. The molecule has 0 radical (unpaired) electrons. The number of hydrogen-bond acceptors (Lipinski definition) is 5. The molecule has 1 amide bonds. The fourth-order valence-corrected chi connectivity index (χ4v) is 4.06. The summed E-state index contributed by atoms with van der Waals surface area (Å²) in [5.41, 5.74) is 0.230. The van der Waals surface area contributed by atoms with Crippen molar-refractivity contribution in [1.82, 2.24) is 9.55 Å². The molecule has 142 valence electrons. The molecular formula is C18H17F2N3O2S2. The van der Waals surface area contributed by atoms with Crippen LogP contribution < -0.4 is 10.9 Å². The SMILES string of the molecule is CC(C)Cn1c(SCC(=O)Nc2cc(F)ccc2F)nc2ccsc2c1=O. The number of carbonyl (C=O) groups is 1. The molecule has 9 heteroatoms. The van der Waals surface area contributed by atoms with Crippen molar-refractivity contribution in [3.05, 3.63) is 51.6 Å². The van der Waals surface area contributed by atoms with E-state index in [2.05, 4.69) is 10.3 Å². The first kappa shape index (κ1) is 19.5. The molecule has 0 atom stereocenters. The first-order chi connectivity index (χ1) is 12.8. The lowest BCUT2D eigenvalue weighted by Gasteiger charge is -2.14. The Morgan fingerprint density at radius 2 is 2.11 bits per heavy atom. The lowest BCUT2D eigenvalue weighted by Crippen LogP contribution is -2.25. The van der Waals surface area contributed by atoms with Crippen LogP contribution in [0.3, 0.4) is 0 Å². The zero-order valence-corrected chi connectivity index (χ0v) is 16.3. The van der Waals surface area contributed by atoms with Gasteiger partial charge in [-0.15, -0.1) is 11.3 Å². The largest absolute Gasteiger partial charge is 0.323 e. The van der Waals surface area contributed by atoms with Gasteiger partial charge in [0, 0.05) is 12.6 Å². The van der Waals surface area contributed by atoms with Crippen LogP contribution in [0, 0.1) is 17.6 Å². The summed E-state index contributed by atoms with van der Waals surface area (Å²) in [6.45, 7) is 4.44. The minimum Gasteiger partial charge on any atom is -0.323 e. The zero-order valence-electron chi connectivity index (χ0n) is 14.7. The minimum absolute atomic E-state index is 0.0872. The van der Waals surface area contributed by atoms with Gasteiger partial charge in [-0.25, -0.2) is 13.8 Å². The van der Waals surface area contributed by atoms with Gasteiger partial charge in [0.25, 0.3) is 5.56 Å². The summed E-state index contributed by atoms with van der Waals surface area (Å²) in [6.07, 6.45) is 0. The molecule has 27 heavy (non-hydrogen) atoms. The van der Waals surface area contributed by atoms with Crippen LogP contribution in [0.15, 0.2) is 39.6 Å².